The summed E-state index contributed by atoms with van der Waals surface area (Å²) in [6.45, 7) is 8.96. The molecule has 2 N–H and O–H groups in total. The smallest absolute Gasteiger partial charge is 0.194 e. The van der Waals surface area contributed by atoms with Gasteiger partial charge in [-0.05, 0) is 97.2 Å². The van der Waals surface area contributed by atoms with E-state index in [0.717, 1.165) is 20.9 Å². The quantitative estimate of drug-likeness (QED) is 0.333. The molecule has 4 nitrogen and oxygen atoms in total. The first-order valence-electron chi connectivity index (χ1n) is 17.4. The maximum atomic E-state index is 14.7. The van der Waals surface area contributed by atoms with Crippen LogP contribution in [0.4, 0.5) is 11.4 Å². The van der Waals surface area contributed by atoms with E-state index in [1.807, 2.05) is 72.8 Å². The molecule has 50 heavy (non-hydrogen) atoms. The van der Waals surface area contributed by atoms with Crippen molar-refractivity contribution in [1.82, 2.24) is 0 Å². The number of carbonyl (C=O) groups is 2. The van der Waals surface area contributed by atoms with E-state index in [9.17, 15) is 9.59 Å². The first-order chi connectivity index (χ1) is 24.0. The number of hydrogen-bond acceptors (Lipinski definition) is 2. The zero-order valence-electron chi connectivity index (χ0n) is 29.5. The number of Topliss-reactive ketones (excluding diaryl/α,β-unsaturated/α-hetero) is 2. The number of carbonyl (C=O) groups excluding carboxylic acids is 2. The fourth-order valence-corrected chi connectivity index (χ4v) is 8.69. The number of allylic oxidation sites excluding steroid dienone is 8. The first-order valence-corrected chi connectivity index (χ1v) is 17.4. The molecule has 0 radical (unpaired) electrons. The average Bonchev–Trinajstić information content (AvgIpc) is 3.43. The number of rotatable bonds is 3. The topological polar surface area (TPSA) is 43.0 Å². The van der Waals surface area contributed by atoms with Crippen LogP contribution in [-0.4, -0.2) is 25.7 Å². The van der Waals surface area contributed by atoms with Crippen LogP contribution in [0.1, 0.15) is 38.8 Å². The summed E-state index contributed by atoms with van der Waals surface area (Å²) in [7, 11) is 4.32. The zero-order chi connectivity index (χ0) is 34.9. The van der Waals surface area contributed by atoms with Gasteiger partial charge in [-0.2, -0.15) is 0 Å². The van der Waals surface area contributed by atoms with E-state index < -0.39 is 0 Å². The summed E-state index contributed by atoms with van der Waals surface area (Å²) in [5.74, 6) is -0.276. The SMILES string of the molecule is C[NH+]1C(=CC=C2C=c3ccccc3=C(C3=c4ccccc4=CC(=CC=C4[NH+](C)c5ccccc5C4(C)C)C3=O)C2=O)C(C)(C)c2ccccc21. The van der Waals surface area contributed by atoms with Crippen molar-refractivity contribution in [3.8, 4) is 0 Å². The van der Waals surface area contributed by atoms with Crippen molar-refractivity contribution in [3.05, 3.63) is 176 Å². The molecule has 0 amide bonds. The molecule has 246 valence electrons. The highest BCUT2D eigenvalue weighted by molar-refractivity contribution is 6.51. The zero-order valence-corrected chi connectivity index (χ0v) is 29.5. The van der Waals surface area contributed by atoms with Gasteiger partial charge in [0.25, 0.3) is 0 Å². The molecule has 2 atom stereocenters. The van der Waals surface area contributed by atoms with Gasteiger partial charge in [0.15, 0.2) is 11.6 Å². The Morgan fingerprint density at radius 1 is 0.480 bits per heavy atom. The van der Waals surface area contributed by atoms with Crippen molar-refractivity contribution in [1.29, 1.82) is 0 Å². The highest BCUT2D eigenvalue weighted by Gasteiger charge is 2.44. The second-order valence-corrected chi connectivity index (χ2v) is 14.9. The van der Waals surface area contributed by atoms with Gasteiger partial charge in [-0.3, -0.25) is 19.4 Å². The van der Waals surface area contributed by atoms with Crippen LogP contribution in [0.5, 0.6) is 0 Å². The molecule has 0 fully saturated rings. The van der Waals surface area contributed by atoms with Crippen molar-refractivity contribution in [2.24, 2.45) is 0 Å². The summed E-state index contributed by atoms with van der Waals surface area (Å²) in [5.41, 5.74) is 9.15. The molecular weight excluding hydrogens is 613 g/mol. The lowest BCUT2D eigenvalue weighted by atomic mass is 9.81. The molecule has 4 aromatic rings. The number of quaternary nitrogens is 2. The maximum absolute atomic E-state index is 14.7. The molecule has 2 aliphatic heterocycles. The normalized spacial score (nSPS) is 24.6. The molecule has 2 heterocycles. The number of benzene rings is 4. The van der Waals surface area contributed by atoms with Gasteiger partial charge in [0.1, 0.15) is 22.8 Å². The fraction of sp³-hybridized carbons (Fsp3) is 0.174. The number of nitrogens with one attached hydrogen (secondary N) is 2. The summed E-state index contributed by atoms with van der Waals surface area (Å²) in [6.07, 6.45) is 12.1. The van der Waals surface area contributed by atoms with Gasteiger partial charge in [-0.15, -0.1) is 0 Å². The van der Waals surface area contributed by atoms with E-state index in [2.05, 4.69) is 102 Å². The van der Waals surface area contributed by atoms with E-state index in [-0.39, 0.29) is 22.4 Å². The molecule has 2 unspecified atom stereocenters. The molecule has 0 saturated carbocycles. The van der Waals surface area contributed by atoms with Crippen molar-refractivity contribution in [3.63, 3.8) is 0 Å². The molecule has 8 rings (SSSR count). The highest BCUT2D eigenvalue weighted by atomic mass is 16.1. The van der Waals surface area contributed by atoms with E-state index in [0.29, 0.717) is 22.3 Å². The van der Waals surface area contributed by atoms with Crippen molar-refractivity contribution < 1.29 is 19.4 Å². The van der Waals surface area contributed by atoms with Gasteiger partial charge < -0.3 is 0 Å². The van der Waals surface area contributed by atoms with E-state index in [1.165, 1.54) is 43.7 Å². The molecule has 4 aromatic carbocycles. The average molecular weight is 655 g/mol. The summed E-state index contributed by atoms with van der Waals surface area (Å²) >= 11 is 0. The Kier molecular flexibility index (Phi) is 7.37. The van der Waals surface area contributed by atoms with Gasteiger partial charge in [0.2, 0.25) is 0 Å². The summed E-state index contributed by atoms with van der Waals surface area (Å²) in [5, 5.41) is 3.43. The van der Waals surface area contributed by atoms with E-state index >= 15 is 0 Å². The largest absolute Gasteiger partial charge is 0.289 e. The monoisotopic (exact) mass is 654 g/mol. The Labute approximate surface area is 293 Å². The van der Waals surface area contributed by atoms with E-state index in [1.54, 1.807) is 0 Å². The number of ketones is 2. The van der Waals surface area contributed by atoms with Crippen molar-refractivity contribution >= 4 is 46.2 Å². The lowest BCUT2D eigenvalue weighted by Gasteiger charge is -2.20. The van der Waals surface area contributed by atoms with Crippen LogP contribution >= 0.6 is 0 Å². The number of hydrogen-bond donors (Lipinski definition) is 2. The standard InChI is InChI=1S/C46H40N2O2/c1-45(2)35-19-11-13-21-37(35)47(5)39(45)25-23-31-27-29-15-7-9-17-33(29)41(43(31)49)42-34-18-10-8-16-30(34)28-32(44(42)50)24-26-40-46(3,4)36-20-12-14-22-38(36)48(40)6/h7-28H,1-6H3/p+2. The van der Waals surface area contributed by atoms with Crippen molar-refractivity contribution in [2.45, 2.75) is 38.5 Å². The highest BCUT2D eigenvalue weighted by Crippen LogP contribution is 2.39. The summed E-state index contributed by atoms with van der Waals surface area (Å²) in [6, 6.07) is 32.9. The van der Waals surface area contributed by atoms with Crippen LogP contribution in [0.25, 0.3) is 23.3 Å². The van der Waals surface area contributed by atoms with Crippen LogP contribution in [0.3, 0.4) is 0 Å². The minimum Gasteiger partial charge on any atom is -0.289 e. The Bertz CT molecular complexity index is 2380. The lowest BCUT2D eigenvalue weighted by Crippen LogP contribution is -3.01. The third-order valence-electron chi connectivity index (χ3n) is 11.3. The Hall–Kier alpha value is -5.42. The van der Waals surface area contributed by atoms with Crippen LogP contribution in [0.2, 0.25) is 0 Å². The predicted molar refractivity (Wildman–Crippen MR) is 202 cm³/mol. The van der Waals surface area contributed by atoms with Crippen LogP contribution in [0.15, 0.2) is 144 Å². The van der Waals surface area contributed by atoms with Gasteiger partial charge in [0.05, 0.1) is 24.9 Å². The molecule has 4 heteroatoms. The first kappa shape index (κ1) is 31.8. The van der Waals surface area contributed by atoms with Gasteiger partial charge in [0, 0.05) is 33.4 Å². The van der Waals surface area contributed by atoms with E-state index in [4.69, 9.17) is 0 Å². The second kappa shape index (κ2) is 11.6. The second-order valence-electron chi connectivity index (χ2n) is 14.9. The summed E-state index contributed by atoms with van der Waals surface area (Å²) in [4.78, 5) is 31.9. The van der Waals surface area contributed by atoms with Crippen LogP contribution < -0.4 is 30.7 Å². The van der Waals surface area contributed by atoms with Gasteiger partial charge >= 0.3 is 0 Å². The van der Waals surface area contributed by atoms with Crippen LogP contribution in [-0.2, 0) is 20.4 Å². The molecule has 0 saturated heterocycles. The Balaban J connectivity index is 1.27. The number of likely N-dealkylation sites (N-methyl/N-ethyl adjacent to an activating group) is 2. The Morgan fingerprint density at radius 2 is 0.840 bits per heavy atom. The number of para-hydroxylation sites is 2. The minimum atomic E-state index is -0.192. The predicted octanol–water partition coefficient (Wildman–Crippen LogP) is 3.31. The summed E-state index contributed by atoms with van der Waals surface area (Å²) < 4.78 is 0. The van der Waals surface area contributed by atoms with Gasteiger partial charge in [-0.1, -0.05) is 84.9 Å². The minimum absolute atomic E-state index is 0.138. The third kappa shape index (κ3) is 4.74. The molecule has 2 aliphatic carbocycles. The molecule has 0 bridgehead atoms. The molecule has 0 spiro atoms. The molecule has 4 aliphatic rings. The van der Waals surface area contributed by atoms with Crippen LogP contribution in [0, 0.1) is 0 Å². The fourth-order valence-electron chi connectivity index (χ4n) is 8.69. The maximum Gasteiger partial charge on any atom is 0.194 e. The van der Waals surface area contributed by atoms with Gasteiger partial charge in [-0.25, -0.2) is 0 Å². The molecular formula is C46H42N2O2+2. The Morgan fingerprint density at radius 3 is 1.24 bits per heavy atom. The van der Waals surface area contributed by atoms with Crippen molar-refractivity contribution in [2.75, 3.05) is 14.1 Å². The lowest BCUT2D eigenvalue weighted by molar-refractivity contribution is -0.764. The molecule has 0 aromatic heterocycles. The third-order valence-corrected chi connectivity index (χ3v) is 11.3. The number of fused-ring (bicyclic) bond motifs is 4.